The number of aromatic nitrogens is 2. The van der Waals surface area contributed by atoms with Gasteiger partial charge in [-0.15, -0.1) is 11.3 Å². The molecule has 3 nitrogen and oxygen atoms in total. The quantitative estimate of drug-likeness (QED) is 0.728. The van der Waals surface area contributed by atoms with Crippen LogP contribution in [0.3, 0.4) is 0 Å². The van der Waals surface area contributed by atoms with E-state index in [2.05, 4.69) is 39.1 Å². The summed E-state index contributed by atoms with van der Waals surface area (Å²) in [5.74, 6) is 0. The molecule has 0 unspecified atom stereocenters. The number of hydrogen-bond donors (Lipinski definition) is 0. The molecule has 0 aliphatic carbocycles. The van der Waals surface area contributed by atoms with Gasteiger partial charge in [0.1, 0.15) is 5.01 Å². The third-order valence-corrected chi connectivity index (χ3v) is 4.13. The molecule has 0 saturated heterocycles. The van der Waals surface area contributed by atoms with E-state index >= 15 is 0 Å². The summed E-state index contributed by atoms with van der Waals surface area (Å²) in [5.41, 5.74) is 3.31. The Morgan fingerprint density at radius 3 is 2.40 bits per heavy atom. The van der Waals surface area contributed by atoms with Crippen molar-refractivity contribution < 1.29 is 0 Å². The van der Waals surface area contributed by atoms with Crippen LogP contribution < -0.4 is 4.90 Å². The van der Waals surface area contributed by atoms with Crippen LogP contribution >= 0.6 is 11.3 Å². The highest BCUT2D eigenvalue weighted by Crippen LogP contribution is 2.31. The van der Waals surface area contributed by atoms with Crippen LogP contribution in [-0.4, -0.2) is 24.1 Å². The van der Waals surface area contributed by atoms with Crippen molar-refractivity contribution in [2.24, 2.45) is 0 Å². The molecular weight excluding hydrogens is 266 g/mol. The van der Waals surface area contributed by atoms with Gasteiger partial charge in [-0.05, 0) is 29.8 Å². The summed E-state index contributed by atoms with van der Waals surface area (Å²) in [7, 11) is 4.09. The Kier molecular flexibility index (Phi) is 3.48. The van der Waals surface area contributed by atoms with Gasteiger partial charge >= 0.3 is 0 Å². The van der Waals surface area contributed by atoms with Gasteiger partial charge in [0, 0.05) is 32.2 Å². The molecule has 0 bridgehead atoms. The molecule has 0 amide bonds. The maximum Gasteiger partial charge on any atom is 0.142 e. The first-order chi connectivity index (χ1) is 9.74. The number of anilines is 1. The van der Waals surface area contributed by atoms with E-state index in [1.54, 1.807) is 17.5 Å². The molecule has 0 aliphatic rings. The molecule has 1 aromatic carbocycles. The fourth-order valence-electron chi connectivity index (χ4n) is 1.94. The van der Waals surface area contributed by atoms with Crippen LogP contribution in [0.25, 0.3) is 21.1 Å². The predicted octanol–water partition coefficient (Wildman–Crippen LogP) is 3.94. The van der Waals surface area contributed by atoms with Crippen LogP contribution in [0.15, 0.2) is 54.9 Å². The lowest BCUT2D eigenvalue weighted by atomic mass is 10.2. The Bertz CT molecular complexity index is 687. The van der Waals surface area contributed by atoms with Crippen LogP contribution in [0.2, 0.25) is 0 Å². The summed E-state index contributed by atoms with van der Waals surface area (Å²) in [6, 6.07) is 14.4. The van der Waals surface area contributed by atoms with Gasteiger partial charge in [-0.25, -0.2) is 4.98 Å². The fourth-order valence-corrected chi connectivity index (χ4v) is 2.84. The standard InChI is InChI=1S/C16H15N3S/c1-19(2)13-8-6-12(7-9-13)15-11-18-16(20-15)14-5-3-4-10-17-14/h3-11H,1-2H3. The molecular formula is C16H15N3S. The Hall–Kier alpha value is -2.20. The second-order valence-corrected chi connectivity index (χ2v) is 5.72. The molecule has 20 heavy (non-hydrogen) atoms. The molecule has 0 radical (unpaired) electrons. The number of hydrogen-bond acceptors (Lipinski definition) is 4. The summed E-state index contributed by atoms with van der Waals surface area (Å²) in [6.07, 6.45) is 3.71. The summed E-state index contributed by atoms with van der Waals surface area (Å²) in [4.78, 5) is 12.1. The van der Waals surface area contributed by atoms with Gasteiger partial charge in [0.25, 0.3) is 0 Å². The third-order valence-electron chi connectivity index (χ3n) is 3.06. The van der Waals surface area contributed by atoms with Gasteiger partial charge in [-0.3, -0.25) is 4.98 Å². The Labute approximate surface area is 122 Å². The molecule has 3 rings (SSSR count). The van der Waals surface area contributed by atoms with E-state index in [1.807, 2.05) is 38.5 Å². The van der Waals surface area contributed by atoms with E-state index in [1.165, 1.54) is 11.3 Å². The summed E-state index contributed by atoms with van der Waals surface area (Å²) in [6.45, 7) is 0. The van der Waals surface area contributed by atoms with Crippen molar-refractivity contribution in [3.63, 3.8) is 0 Å². The van der Waals surface area contributed by atoms with Gasteiger partial charge in [0.05, 0.1) is 10.6 Å². The summed E-state index contributed by atoms with van der Waals surface area (Å²) in [5, 5.41) is 0.956. The van der Waals surface area contributed by atoms with Crippen LogP contribution in [-0.2, 0) is 0 Å². The zero-order chi connectivity index (χ0) is 13.9. The van der Waals surface area contributed by atoms with Crippen LogP contribution in [0.4, 0.5) is 5.69 Å². The lowest BCUT2D eigenvalue weighted by Gasteiger charge is -2.12. The average molecular weight is 281 g/mol. The van der Waals surface area contributed by atoms with Crippen molar-refractivity contribution >= 4 is 17.0 Å². The van der Waals surface area contributed by atoms with Gasteiger partial charge in [-0.1, -0.05) is 18.2 Å². The van der Waals surface area contributed by atoms with Crippen molar-refractivity contribution in [2.45, 2.75) is 0 Å². The van der Waals surface area contributed by atoms with Crippen molar-refractivity contribution in [3.05, 3.63) is 54.9 Å². The van der Waals surface area contributed by atoms with E-state index in [0.717, 1.165) is 15.6 Å². The molecule has 4 heteroatoms. The number of rotatable bonds is 3. The Morgan fingerprint density at radius 2 is 1.75 bits per heavy atom. The highest BCUT2D eigenvalue weighted by molar-refractivity contribution is 7.18. The van der Waals surface area contributed by atoms with Crippen molar-refractivity contribution in [1.29, 1.82) is 0 Å². The minimum absolute atomic E-state index is 0.925. The van der Waals surface area contributed by atoms with E-state index in [-0.39, 0.29) is 0 Å². The lowest BCUT2D eigenvalue weighted by molar-refractivity contribution is 1.13. The Balaban J connectivity index is 1.90. The molecule has 0 N–H and O–H groups in total. The van der Waals surface area contributed by atoms with Crippen molar-refractivity contribution in [3.8, 4) is 21.1 Å². The molecule has 2 aromatic heterocycles. The largest absolute Gasteiger partial charge is 0.378 e. The molecule has 0 aliphatic heterocycles. The van der Waals surface area contributed by atoms with Crippen LogP contribution in [0.5, 0.6) is 0 Å². The van der Waals surface area contributed by atoms with E-state index in [9.17, 15) is 0 Å². The number of pyridine rings is 1. The topological polar surface area (TPSA) is 29.0 Å². The summed E-state index contributed by atoms with van der Waals surface area (Å²) < 4.78 is 0. The normalized spacial score (nSPS) is 10.5. The number of benzene rings is 1. The first-order valence-corrected chi connectivity index (χ1v) is 7.21. The molecule has 0 atom stereocenters. The fraction of sp³-hybridized carbons (Fsp3) is 0.125. The van der Waals surface area contributed by atoms with E-state index in [0.29, 0.717) is 0 Å². The maximum atomic E-state index is 4.47. The zero-order valence-electron chi connectivity index (χ0n) is 11.4. The number of nitrogens with zero attached hydrogens (tertiary/aromatic N) is 3. The lowest BCUT2D eigenvalue weighted by Crippen LogP contribution is -2.07. The van der Waals surface area contributed by atoms with Crippen LogP contribution in [0, 0.1) is 0 Å². The smallest absolute Gasteiger partial charge is 0.142 e. The zero-order valence-corrected chi connectivity index (χ0v) is 12.3. The van der Waals surface area contributed by atoms with Crippen molar-refractivity contribution in [1.82, 2.24) is 9.97 Å². The van der Waals surface area contributed by atoms with Crippen LogP contribution in [0.1, 0.15) is 0 Å². The first kappa shape index (κ1) is 12.8. The van der Waals surface area contributed by atoms with Gasteiger partial charge in [0.2, 0.25) is 0 Å². The predicted molar refractivity (Wildman–Crippen MR) is 85.1 cm³/mol. The minimum atomic E-state index is 0.925. The van der Waals surface area contributed by atoms with Gasteiger partial charge in [0.15, 0.2) is 0 Å². The summed E-state index contributed by atoms with van der Waals surface area (Å²) >= 11 is 1.67. The molecule has 0 spiro atoms. The average Bonchev–Trinajstić information content (AvgIpc) is 2.98. The third kappa shape index (κ3) is 2.56. The SMILES string of the molecule is CN(C)c1ccc(-c2cnc(-c3ccccn3)s2)cc1. The van der Waals surface area contributed by atoms with E-state index < -0.39 is 0 Å². The highest BCUT2D eigenvalue weighted by Gasteiger charge is 2.07. The molecule has 0 saturated carbocycles. The molecule has 3 aromatic rings. The second kappa shape index (κ2) is 5.43. The van der Waals surface area contributed by atoms with Gasteiger partial charge in [-0.2, -0.15) is 0 Å². The highest BCUT2D eigenvalue weighted by atomic mass is 32.1. The maximum absolute atomic E-state index is 4.47. The molecule has 0 fully saturated rings. The molecule has 2 heterocycles. The molecule has 100 valence electrons. The Morgan fingerprint density at radius 1 is 0.950 bits per heavy atom. The first-order valence-electron chi connectivity index (χ1n) is 6.39. The minimum Gasteiger partial charge on any atom is -0.378 e. The monoisotopic (exact) mass is 281 g/mol. The van der Waals surface area contributed by atoms with Gasteiger partial charge < -0.3 is 4.90 Å². The second-order valence-electron chi connectivity index (χ2n) is 4.69. The van der Waals surface area contributed by atoms with Crippen molar-refractivity contribution in [2.75, 3.05) is 19.0 Å². The number of thiazole rings is 1. The van der Waals surface area contributed by atoms with E-state index in [4.69, 9.17) is 0 Å².